The van der Waals surface area contributed by atoms with Gasteiger partial charge < -0.3 is 0 Å². The first-order chi connectivity index (χ1) is 4.23. The number of nitrogens with one attached hydrogen (secondary N) is 1. The van der Waals surface area contributed by atoms with Crippen LogP contribution >= 0.6 is 0 Å². The fraction of sp³-hybridized carbons (Fsp3) is 0. The number of aromatic amines is 1. The molecule has 9 heavy (non-hydrogen) atoms. The molecule has 0 radical (unpaired) electrons. The molecule has 6 nitrogen and oxygen atoms in total. The predicted molar refractivity (Wildman–Crippen MR) is 29.8 cm³/mol. The third-order valence-electron chi connectivity index (χ3n) is 0.406. The topological polar surface area (TPSA) is 97.8 Å². The second kappa shape index (κ2) is 4.57. The lowest BCUT2D eigenvalue weighted by Crippen LogP contribution is -2.04. The molecule has 0 aliphatic rings. The van der Waals surface area contributed by atoms with E-state index in [1.54, 1.807) is 12.4 Å². The van der Waals surface area contributed by atoms with E-state index in [0.29, 0.717) is 0 Å². The number of nitrogens with two attached hydrogens (primary N) is 1. The zero-order valence-electron chi connectivity index (χ0n) is 4.52. The van der Waals surface area contributed by atoms with Crippen molar-refractivity contribution in [3.8, 4) is 0 Å². The predicted octanol–water partition coefficient (Wildman–Crippen LogP) is -0.454. The largest absolute Gasteiger partial charge is 0.286 e. The number of hydrazine groups is 1. The average Bonchev–Trinajstić information content (AvgIpc) is 2.11. The Kier molecular flexibility index (Phi) is 3.76. The number of nitro groups is 1. The maximum Gasteiger partial charge on any atom is 0.154 e. The van der Waals surface area contributed by atoms with Gasteiger partial charge in [0.15, 0.2) is 5.03 Å². The fourth-order valence-corrected chi connectivity index (χ4v) is 0.215. The van der Waals surface area contributed by atoms with Gasteiger partial charge in [-0.15, -0.1) is 0 Å². The minimum absolute atomic E-state index is 1.00. The first kappa shape index (κ1) is 7.41. The Morgan fingerprint density at radius 1 is 1.78 bits per heavy atom. The van der Waals surface area contributed by atoms with E-state index in [0.717, 1.165) is 0 Å². The number of H-pyrrole nitrogens is 1. The SMILES string of the molecule is N[N+](=O)[O-].c1cn[nH]c1. The van der Waals surface area contributed by atoms with Crippen LogP contribution in [0.25, 0.3) is 0 Å². The lowest BCUT2D eigenvalue weighted by Gasteiger charge is -1.61. The van der Waals surface area contributed by atoms with Crippen molar-refractivity contribution < 1.29 is 5.03 Å². The smallest absolute Gasteiger partial charge is 0.154 e. The molecule has 1 heterocycles. The molecular formula is C3H6N4O2. The monoisotopic (exact) mass is 130 g/mol. The van der Waals surface area contributed by atoms with Crippen LogP contribution in [0.3, 0.4) is 0 Å². The minimum Gasteiger partial charge on any atom is -0.286 e. The highest BCUT2D eigenvalue weighted by Gasteiger charge is 1.57. The standard InChI is InChI=1S/C3H4N2.H2N2O2/c1-2-4-5-3-1;1-2(3)4/h1-3H,(H,4,5);1H2. The van der Waals surface area contributed by atoms with Crippen molar-refractivity contribution in [1.29, 1.82) is 0 Å². The van der Waals surface area contributed by atoms with E-state index < -0.39 is 5.03 Å². The van der Waals surface area contributed by atoms with Crippen molar-refractivity contribution in [2.45, 2.75) is 0 Å². The third-order valence-corrected chi connectivity index (χ3v) is 0.406. The van der Waals surface area contributed by atoms with Crippen LogP contribution in [0.15, 0.2) is 18.5 Å². The maximum absolute atomic E-state index is 8.58. The van der Waals surface area contributed by atoms with Crippen molar-refractivity contribution in [1.82, 2.24) is 10.2 Å². The molecule has 0 aromatic carbocycles. The van der Waals surface area contributed by atoms with Crippen LogP contribution in [0.4, 0.5) is 0 Å². The molecule has 1 aromatic rings. The Hall–Kier alpha value is -1.59. The Balaban J connectivity index is 0.000000148. The van der Waals surface area contributed by atoms with Crippen LogP contribution in [0.2, 0.25) is 0 Å². The van der Waals surface area contributed by atoms with Crippen molar-refractivity contribution in [3.63, 3.8) is 0 Å². The van der Waals surface area contributed by atoms with Gasteiger partial charge in [-0.25, -0.2) is 10.1 Å². The van der Waals surface area contributed by atoms with Crippen molar-refractivity contribution in [3.05, 3.63) is 28.6 Å². The number of aromatic nitrogens is 2. The van der Waals surface area contributed by atoms with Crippen LogP contribution in [0, 0.1) is 10.1 Å². The van der Waals surface area contributed by atoms with Gasteiger partial charge in [-0.05, 0) is 6.07 Å². The van der Waals surface area contributed by atoms with Gasteiger partial charge in [0.2, 0.25) is 0 Å². The first-order valence-corrected chi connectivity index (χ1v) is 2.06. The second-order valence-electron chi connectivity index (χ2n) is 1.05. The fourth-order valence-electron chi connectivity index (χ4n) is 0.215. The van der Waals surface area contributed by atoms with Crippen LogP contribution in [-0.2, 0) is 0 Å². The Morgan fingerprint density at radius 3 is 2.44 bits per heavy atom. The van der Waals surface area contributed by atoms with E-state index in [1.165, 1.54) is 0 Å². The molecule has 6 heteroatoms. The second-order valence-corrected chi connectivity index (χ2v) is 1.05. The van der Waals surface area contributed by atoms with Crippen LogP contribution in [-0.4, -0.2) is 15.2 Å². The lowest BCUT2D eigenvalue weighted by molar-refractivity contribution is -0.491. The normalized spacial score (nSPS) is 7.11. The molecule has 0 amide bonds. The molecule has 0 spiro atoms. The summed E-state index contributed by atoms with van der Waals surface area (Å²) < 4.78 is 0. The maximum atomic E-state index is 8.58. The molecule has 0 unspecified atom stereocenters. The van der Waals surface area contributed by atoms with Gasteiger partial charge in [0.1, 0.15) is 0 Å². The third kappa shape index (κ3) is 10.7. The highest BCUT2D eigenvalue weighted by atomic mass is 16.7. The van der Waals surface area contributed by atoms with Gasteiger partial charge >= 0.3 is 0 Å². The molecule has 0 aliphatic heterocycles. The molecule has 3 N–H and O–H groups in total. The van der Waals surface area contributed by atoms with Gasteiger partial charge in [-0.1, -0.05) is 0 Å². The molecule has 0 saturated carbocycles. The highest BCUT2D eigenvalue weighted by Crippen LogP contribution is 1.64. The summed E-state index contributed by atoms with van der Waals surface area (Å²) in [7, 11) is 0. The van der Waals surface area contributed by atoms with E-state index >= 15 is 0 Å². The molecule has 0 bridgehead atoms. The number of nitrogens with zero attached hydrogens (tertiary/aromatic N) is 2. The van der Waals surface area contributed by atoms with Crippen LogP contribution < -0.4 is 5.84 Å². The molecular weight excluding hydrogens is 124 g/mol. The van der Waals surface area contributed by atoms with Crippen LogP contribution in [0.5, 0.6) is 0 Å². The Bertz CT molecular complexity index is 128. The van der Waals surface area contributed by atoms with Crippen LogP contribution in [0.1, 0.15) is 0 Å². The molecule has 0 atom stereocenters. The quantitative estimate of drug-likeness (QED) is 0.282. The van der Waals surface area contributed by atoms with E-state index in [4.69, 9.17) is 10.1 Å². The zero-order valence-corrected chi connectivity index (χ0v) is 4.52. The molecule has 0 saturated heterocycles. The van der Waals surface area contributed by atoms with Gasteiger partial charge in [0, 0.05) is 12.4 Å². The summed E-state index contributed by atoms with van der Waals surface area (Å²) in [5, 5.41) is 13.8. The highest BCUT2D eigenvalue weighted by molar-refractivity contribution is 4.72. The summed E-state index contributed by atoms with van der Waals surface area (Å²) in [6.07, 6.45) is 3.46. The molecule has 0 fully saturated rings. The van der Waals surface area contributed by atoms with Gasteiger partial charge in [0.25, 0.3) is 0 Å². The summed E-state index contributed by atoms with van der Waals surface area (Å²) in [5.41, 5.74) is 0. The summed E-state index contributed by atoms with van der Waals surface area (Å²) in [5.74, 6) is 3.83. The number of hydrogen-bond acceptors (Lipinski definition) is 3. The average molecular weight is 130 g/mol. The van der Waals surface area contributed by atoms with E-state index in [2.05, 4.69) is 16.0 Å². The molecule has 0 aliphatic carbocycles. The summed E-state index contributed by atoms with van der Waals surface area (Å²) in [6, 6.07) is 1.83. The van der Waals surface area contributed by atoms with Gasteiger partial charge in [0.05, 0.1) is 0 Å². The number of rotatable bonds is 0. The number of hydrogen-bond donors (Lipinski definition) is 2. The summed E-state index contributed by atoms with van der Waals surface area (Å²) >= 11 is 0. The Morgan fingerprint density at radius 2 is 2.33 bits per heavy atom. The van der Waals surface area contributed by atoms with E-state index in [9.17, 15) is 0 Å². The van der Waals surface area contributed by atoms with Crippen molar-refractivity contribution in [2.75, 3.05) is 0 Å². The zero-order chi connectivity index (χ0) is 7.11. The van der Waals surface area contributed by atoms with E-state index in [1.807, 2.05) is 6.07 Å². The van der Waals surface area contributed by atoms with Crippen molar-refractivity contribution >= 4 is 0 Å². The lowest BCUT2D eigenvalue weighted by atomic mass is 10.8. The molecule has 1 rings (SSSR count). The van der Waals surface area contributed by atoms with E-state index in [-0.39, 0.29) is 0 Å². The Labute approximate surface area is 50.8 Å². The molecule has 1 aromatic heterocycles. The summed E-state index contributed by atoms with van der Waals surface area (Å²) in [4.78, 5) is 8.58. The van der Waals surface area contributed by atoms with Gasteiger partial charge in [-0.3, -0.25) is 5.10 Å². The minimum atomic E-state index is -1.00. The molecule has 50 valence electrons. The van der Waals surface area contributed by atoms with Crippen molar-refractivity contribution in [2.24, 2.45) is 5.84 Å². The first-order valence-electron chi connectivity index (χ1n) is 2.06. The summed E-state index contributed by atoms with van der Waals surface area (Å²) in [6.45, 7) is 0. The van der Waals surface area contributed by atoms with Gasteiger partial charge in [-0.2, -0.15) is 10.9 Å².